The Kier molecular flexibility index (Phi) is 7.16. The molecule has 1 aromatic carbocycles. The van der Waals surface area contributed by atoms with Gasteiger partial charge in [0.25, 0.3) is 0 Å². The maximum Gasteiger partial charge on any atom is 0.224 e. The highest BCUT2D eigenvalue weighted by Crippen LogP contribution is 2.23. The number of halogens is 2. The third-order valence-corrected chi connectivity index (χ3v) is 4.13. The van der Waals surface area contributed by atoms with Gasteiger partial charge in [0.15, 0.2) is 5.96 Å². The number of benzene rings is 1. The summed E-state index contributed by atoms with van der Waals surface area (Å²) in [5, 5.41) is 4.26. The van der Waals surface area contributed by atoms with Crippen LogP contribution in [0.5, 0.6) is 0 Å². The van der Waals surface area contributed by atoms with Crippen molar-refractivity contribution in [2.45, 2.75) is 27.3 Å². The van der Waals surface area contributed by atoms with Crippen LogP contribution in [0.15, 0.2) is 23.2 Å². The SMILES string of the molecule is CCNC(=NCC(C)(C)C(N)=O)N(C)Cc1ccc(Cl)c(Cl)c1. The van der Waals surface area contributed by atoms with Crippen LogP contribution in [-0.4, -0.2) is 36.9 Å². The van der Waals surface area contributed by atoms with E-state index in [2.05, 4.69) is 10.3 Å². The lowest BCUT2D eigenvalue weighted by Gasteiger charge is -2.24. The third-order valence-electron chi connectivity index (χ3n) is 3.39. The summed E-state index contributed by atoms with van der Waals surface area (Å²) in [6, 6.07) is 5.52. The van der Waals surface area contributed by atoms with Crippen LogP contribution in [0.3, 0.4) is 0 Å². The van der Waals surface area contributed by atoms with Gasteiger partial charge in [-0.1, -0.05) is 29.3 Å². The highest BCUT2D eigenvalue weighted by Gasteiger charge is 2.25. The van der Waals surface area contributed by atoms with Crippen LogP contribution in [0, 0.1) is 5.41 Å². The van der Waals surface area contributed by atoms with Gasteiger partial charge in [-0.15, -0.1) is 0 Å². The average Bonchev–Trinajstić information content (AvgIpc) is 2.47. The minimum Gasteiger partial charge on any atom is -0.369 e. The molecule has 0 atom stereocenters. The number of nitrogens with two attached hydrogens (primary N) is 1. The van der Waals surface area contributed by atoms with Crippen molar-refractivity contribution < 1.29 is 4.79 Å². The molecule has 128 valence electrons. The van der Waals surface area contributed by atoms with Crippen LogP contribution in [0.2, 0.25) is 10.0 Å². The Bertz CT molecular complexity index is 587. The van der Waals surface area contributed by atoms with Crippen molar-refractivity contribution in [2.24, 2.45) is 16.1 Å². The molecule has 0 bridgehead atoms. The maximum absolute atomic E-state index is 11.4. The molecule has 0 heterocycles. The van der Waals surface area contributed by atoms with Gasteiger partial charge >= 0.3 is 0 Å². The third kappa shape index (κ3) is 5.92. The highest BCUT2D eigenvalue weighted by molar-refractivity contribution is 6.42. The molecule has 0 aromatic heterocycles. The van der Waals surface area contributed by atoms with Crippen molar-refractivity contribution in [3.8, 4) is 0 Å². The van der Waals surface area contributed by atoms with Gasteiger partial charge < -0.3 is 16.0 Å². The quantitative estimate of drug-likeness (QED) is 0.606. The van der Waals surface area contributed by atoms with Crippen molar-refractivity contribution in [1.82, 2.24) is 10.2 Å². The predicted octanol–water partition coefficient (Wildman–Crippen LogP) is 2.90. The summed E-state index contributed by atoms with van der Waals surface area (Å²) >= 11 is 12.0. The van der Waals surface area contributed by atoms with E-state index in [1.165, 1.54) is 0 Å². The number of guanidine groups is 1. The number of nitrogens with zero attached hydrogens (tertiary/aromatic N) is 2. The second-order valence-corrected chi connectivity index (χ2v) is 6.84. The van der Waals surface area contributed by atoms with Gasteiger partial charge in [-0.2, -0.15) is 0 Å². The average molecular weight is 359 g/mol. The minimum absolute atomic E-state index is 0.316. The molecule has 7 heteroatoms. The molecule has 0 aliphatic heterocycles. The van der Waals surface area contributed by atoms with Gasteiger partial charge in [0.05, 0.1) is 22.0 Å². The van der Waals surface area contributed by atoms with Crippen LogP contribution in [-0.2, 0) is 11.3 Å². The summed E-state index contributed by atoms with van der Waals surface area (Å²) in [6.45, 7) is 7.20. The van der Waals surface area contributed by atoms with E-state index in [-0.39, 0.29) is 5.91 Å². The van der Waals surface area contributed by atoms with E-state index >= 15 is 0 Å². The molecule has 0 spiro atoms. The molecule has 1 aromatic rings. The van der Waals surface area contributed by atoms with Crippen LogP contribution >= 0.6 is 23.2 Å². The molecule has 1 rings (SSSR count). The molecule has 1 amide bonds. The molecular weight excluding hydrogens is 335 g/mol. The highest BCUT2D eigenvalue weighted by atomic mass is 35.5. The monoisotopic (exact) mass is 358 g/mol. The van der Waals surface area contributed by atoms with Crippen LogP contribution in [0.4, 0.5) is 0 Å². The smallest absolute Gasteiger partial charge is 0.224 e. The van der Waals surface area contributed by atoms with Gasteiger partial charge in [-0.3, -0.25) is 9.79 Å². The molecule has 0 aliphatic rings. The van der Waals surface area contributed by atoms with Gasteiger partial charge in [-0.05, 0) is 38.5 Å². The number of rotatable bonds is 6. The Labute approximate surface area is 147 Å². The molecule has 0 saturated heterocycles. The zero-order chi connectivity index (χ0) is 17.6. The fourth-order valence-corrected chi connectivity index (χ4v) is 2.13. The molecule has 0 radical (unpaired) electrons. The van der Waals surface area contributed by atoms with Crippen LogP contribution < -0.4 is 11.1 Å². The summed E-state index contributed by atoms with van der Waals surface area (Å²) in [5.41, 5.74) is 5.72. The standard InChI is InChI=1S/C16H24Cl2N4O/c1-5-20-15(21-10-16(2,3)14(19)23)22(4)9-11-6-7-12(17)13(18)8-11/h6-8H,5,9-10H2,1-4H3,(H2,19,23)(H,20,21). The molecule has 0 unspecified atom stereocenters. The topological polar surface area (TPSA) is 70.7 Å². The van der Waals surface area contributed by atoms with E-state index in [0.717, 1.165) is 12.1 Å². The summed E-state index contributed by atoms with van der Waals surface area (Å²) < 4.78 is 0. The van der Waals surface area contributed by atoms with Crippen molar-refractivity contribution in [2.75, 3.05) is 20.1 Å². The van der Waals surface area contributed by atoms with E-state index < -0.39 is 5.41 Å². The molecule has 0 aliphatic carbocycles. The summed E-state index contributed by atoms with van der Waals surface area (Å²) in [4.78, 5) is 17.9. The number of amides is 1. The van der Waals surface area contributed by atoms with Crippen molar-refractivity contribution in [3.63, 3.8) is 0 Å². The second kappa shape index (κ2) is 8.41. The number of primary amides is 1. The largest absolute Gasteiger partial charge is 0.369 e. The summed E-state index contributed by atoms with van der Waals surface area (Å²) in [7, 11) is 1.92. The van der Waals surface area contributed by atoms with E-state index in [9.17, 15) is 4.79 Å². The van der Waals surface area contributed by atoms with Crippen molar-refractivity contribution in [1.29, 1.82) is 0 Å². The second-order valence-electron chi connectivity index (χ2n) is 6.02. The summed E-state index contributed by atoms with van der Waals surface area (Å²) in [6.07, 6.45) is 0. The Morgan fingerprint density at radius 1 is 1.35 bits per heavy atom. The number of hydrogen-bond acceptors (Lipinski definition) is 2. The fourth-order valence-electron chi connectivity index (χ4n) is 1.81. The lowest BCUT2D eigenvalue weighted by molar-refractivity contribution is -0.125. The zero-order valence-electron chi connectivity index (χ0n) is 14.0. The first-order valence-corrected chi connectivity index (χ1v) is 8.16. The zero-order valence-corrected chi connectivity index (χ0v) is 15.5. The molecule has 0 fully saturated rings. The number of carbonyl (C=O) groups excluding carboxylic acids is 1. The lowest BCUT2D eigenvalue weighted by atomic mass is 9.93. The fraction of sp³-hybridized carbons (Fsp3) is 0.500. The number of nitrogens with one attached hydrogen (secondary N) is 1. The van der Waals surface area contributed by atoms with Crippen molar-refractivity contribution >= 4 is 35.1 Å². The van der Waals surface area contributed by atoms with Gasteiger partial charge in [0.2, 0.25) is 5.91 Å². The van der Waals surface area contributed by atoms with E-state index in [0.29, 0.717) is 29.1 Å². The van der Waals surface area contributed by atoms with Gasteiger partial charge in [0.1, 0.15) is 0 Å². The van der Waals surface area contributed by atoms with Crippen molar-refractivity contribution in [3.05, 3.63) is 33.8 Å². The first-order valence-electron chi connectivity index (χ1n) is 7.40. The Morgan fingerprint density at radius 2 is 2.00 bits per heavy atom. The minimum atomic E-state index is -0.689. The first-order chi connectivity index (χ1) is 10.7. The Morgan fingerprint density at radius 3 is 2.52 bits per heavy atom. The lowest BCUT2D eigenvalue weighted by Crippen LogP contribution is -2.40. The Hall–Kier alpha value is -1.46. The van der Waals surface area contributed by atoms with E-state index in [1.54, 1.807) is 19.9 Å². The van der Waals surface area contributed by atoms with E-state index in [1.807, 2.05) is 31.0 Å². The number of carbonyl (C=O) groups is 1. The first kappa shape index (κ1) is 19.6. The number of aliphatic imine (C=N–C) groups is 1. The van der Waals surface area contributed by atoms with E-state index in [4.69, 9.17) is 28.9 Å². The van der Waals surface area contributed by atoms with Gasteiger partial charge in [-0.25, -0.2) is 0 Å². The predicted molar refractivity (Wildman–Crippen MR) is 96.9 cm³/mol. The maximum atomic E-state index is 11.4. The van der Waals surface area contributed by atoms with Gasteiger partial charge in [0, 0.05) is 20.1 Å². The Balaban J connectivity index is 2.87. The molecule has 0 saturated carbocycles. The summed E-state index contributed by atoms with van der Waals surface area (Å²) in [5.74, 6) is 0.331. The van der Waals surface area contributed by atoms with Crippen LogP contribution in [0.1, 0.15) is 26.3 Å². The van der Waals surface area contributed by atoms with Crippen LogP contribution in [0.25, 0.3) is 0 Å². The molecule has 23 heavy (non-hydrogen) atoms. The number of hydrogen-bond donors (Lipinski definition) is 2. The molecule has 5 nitrogen and oxygen atoms in total. The molecule has 3 N–H and O–H groups in total. The normalized spacial score (nSPS) is 12.2. The molecular formula is C16H24Cl2N4O.